The highest BCUT2D eigenvalue weighted by atomic mass is 16.2. The summed E-state index contributed by atoms with van der Waals surface area (Å²) < 4.78 is 1.83. The molecule has 0 fully saturated rings. The number of guanidine groups is 1. The Hall–Kier alpha value is -2.83. The van der Waals surface area contributed by atoms with E-state index in [4.69, 9.17) is 4.99 Å². The predicted octanol–water partition coefficient (Wildman–Crippen LogP) is 2.14. The van der Waals surface area contributed by atoms with Crippen LogP contribution in [0.2, 0.25) is 0 Å². The van der Waals surface area contributed by atoms with Crippen molar-refractivity contribution in [2.24, 2.45) is 4.99 Å². The van der Waals surface area contributed by atoms with Crippen molar-refractivity contribution in [1.29, 1.82) is 0 Å². The molecular weight excluding hydrogens is 340 g/mol. The van der Waals surface area contributed by atoms with Crippen LogP contribution in [0.5, 0.6) is 0 Å². The third-order valence-corrected chi connectivity index (χ3v) is 4.28. The van der Waals surface area contributed by atoms with Crippen molar-refractivity contribution in [2.45, 2.75) is 27.3 Å². The number of nitrogens with zero attached hydrogens (tertiary/aromatic N) is 5. The maximum Gasteiger partial charge on any atom is 0.242 e. The minimum Gasteiger partial charge on any atom is -0.357 e. The van der Waals surface area contributed by atoms with E-state index in [1.165, 1.54) is 0 Å². The number of aromatic nitrogens is 2. The number of carbonyl (C=O) groups is 1. The lowest BCUT2D eigenvalue weighted by molar-refractivity contribution is -0.131. The number of amides is 1. The van der Waals surface area contributed by atoms with Gasteiger partial charge in [0.25, 0.3) is 0 Å². The van der Waals surface area contributed by atoms with Crippen LogP contribution in [0.15, 0.2) is 47.7 Å². The van der Waals surface area contributed by atoms with Crippen molar-refractivity contribution in [3.8, 4) is 5.69 Å². The number of likely N-dealkylation sites (N-methyl/N-ethyl adjacent to an activating group) is 2. The van der Waals surface area contributed by atoms with E-state index in [-0.39, 0.29) is 5.91 Å². The van der Waals surface area contributed by atoms with Gasteiger partial charge in [-0.15, -0.1) is 0 Å². The molecule has 0 unspecified atom stereocenters. The minimum absolute atomic E-state index is 0.105. The second-order valence-electron chi connectivity index (χ2n) is 6.21. The molecule has 7 nitrogen and oxygen atoms in total. The highest BCUT2D eigenvalue weighted by molar-refractivity contribution is 5.86. The summed E-state index contributed by atoms with van der Waals surface area (Å²) >= 11 is 0. The van der Waals surface area contributed by atoms with E-state index in [9.17, 15) is 4.79 Å². The number of benzene rings is 1. The van der Waals surface area contributed by atoms with Crippen LogP contribution in [-0.4, -0.2) is 64.7 Å². The van der Waals surface area contributed by atoms with Crippen molar-refractivity contribution in [3.63, 3.8) is 0 Å². The second kappa shape index (κ2) is 10.4. The van der Waals surface area contributed by atoms with Crippen molar-refractivity contribution in [3.05, 3.63) is 48.3 Å². The zero-order chi connectivity index (χ0) is 19.6. The average molecular weight is 371 g/mol. The summed E-state index contributed by atoms with van der Waals surface area (Å²) in [5.41, 5.74) is 2.09. The Balaban J connectivity index is 2.08. The molecule has 0 spiro atoms. The quantitative estimate of drug-likeness (QED) is 0.571. The van der Waals surface area contributed by atoms with Crippen LogP contribution < -0.4 is 5.32 Å². The van der Waals surface area contributed by atoms with Crippen LogP contribution in [0.1, 0.15) is 26.3 Å². The van der Waals surface area contributed by atoms with Crippen LogP contribution >= 0.6 is 0 Å². The number of nitrogens with one attached hydrogen (secondary N) is 1. The SMILES string of the molecule is CCNC(=NCc1cccc(-n2cccn2)c1)N(C)CC(=O)N(CC)CC. The molecule has 1 N–H and O–H groups in total. The second-order valence-corrected chi connectivity index (χ2v) is 6.21. The molecule has 0 bridgehead atoms. The van der Waals surface area contributed by atoms with Gasteiger partial charge in [-0.3, -0.25) is 4.79 Å². The number of rotatable bonds is 8. The van der Waals surface area contributed by atoms with Gasteiger partial charge < -0.3 is 15.1 Å². The molecule has 0 saturated heterocycles. The van der Waals surface area contributed by atoms with Gasteiger partial charge in [0, 0.05) is 39.1 Å². The molecule has 0 atom stereocenters. The van der Waals surface area contributed by atoms with E-state index in [1.54, 1.807) is 6.20 Å². The average Bonchev–Trinajstić information content (AvgIpc) is 3.21. The van der Waals surface area contributed by atoms with Crippen molar-refractivity contribution in [1.82, 2.24) is 24.9 Å². The van der Waals surface area contributed by atoms with Crippen LogP contribution in [0.25, 0.3) is 5.69 Å². The predicted molar refractivity (Wildman–Crippen MR) is 109 cm³/mol. The molecule has 0 aliphatic heterocycles. The number of aliphatic imine (C=N–C) groups is 1. The minimum atomic E-state index is 0.105. The first-order chi connectivity index (χ1) is 13.1. The fraction of sp³-hybridized carbons (Fsp3) is 0.450. The smallest absolute Gasteiger partial charge is 0.242 e. The first kappa shape index (κ1) is 20.5. The van der Waals surface area contributed by atoms with Gasteiger partial charge in [0.15, 0.2) is 5.96 Å². The lowest BCUT2D eigenvalue weighted by Crippen LogP contribution is -2.45. The molecule has 2 aromatic rings. The lowest BCUT2D eigenvalue weighted by Gasteiger charge is -2.25. The van der Waals surface area contributed by atoms with Gasteiger partial charge in [0.05, 0.1) is 18.8 Å². The molecule has 0 aliphatic carbocycles. The summed E-state index contributed by atoms with van der Waals surface area (Å²) in [6.07, 6.45) is 3.68. The molecule has 0 aliphatic rings. The van der Waals surface area contributed by atoms with Gasteiger partial charge in [0.1, 0.15) is 0 Å². The molecule has 27 heavy (non-hydrogen) atoms. The molecule has 0 radical (unpaired) electrons. The zero-order valence-corrected chi connectivity index (χ0v) is 16.7. The fourth-order valence-electron chi connectivity index (χ4n) is 2.81. The van der Waals surface area contributed by atoms with Gasteiger partial charge in [-0.2, -0.15) is 5.10 Å². The van der Waals surface area contributed by atoms with Gasteiger partial charge >= 0.3 is 0 Å². The molecule has 1 aromatic heterocycles. The molecule has 2 rings (SSSR count). The summed E-state index contributed by atoms with van der Waals surface area (Å²) in [4.78, 5) is 20.8. The highest BCUT2D eigenvalue weighted by Crippen LogP contribution is 2.10. The Labute approximate surface area is 161 Å². The normalized spacial score (nSPS) is 11.3. The molecule has 0 saturated carbocycles. The van der Waals surface area contributed by atoms with Crippen LogP contribution in [-0.2, 0) is 11.3 Å². The number of hydrogen-bond acceptors (Lipinski definition) is 3. The molecule has 1 heterocycles. The Kier molecular flexibility index (Phi) is 7.85. The summed E-state index contributed by atoms with van der Waals surface area (Å²) in [6.45, 7) is 9.03. The van der Waals surface area contributed by atoms with E-state index in [1.807, 2.05) is 72.8 Å². The largest absolute Gasteiger partial charge is 0.357 e. The van der Waals surface area contributed by atoms with E-state index < -0.39 is 0 Å². The van der Waals surface area contributed by atoms with Crippen LogP contribution in [0, 0.1) is 0 Å². The molecule has 1 amide bonds. The summed E-state index contributed by atoms with van der Waals surface area (Å²) in [5, 5.41) is 7.53. The standard InChI is InChI=1S/C20H30N6O/c1-5-21-20(24(4)16-19(27)25(6-2)7-3)22-15-17-10-8-11-18(14-17)26-13-9-12-23-26/h8-14H,5-7,15-16H2,1-4H3,(H,21,22). The molecule has 1 aromatic carbocycles. The van der Waals surface area contributed by atoms with Crippen molar-refractivity contribution >= 4 is 11.9 Å². The van der Waals surface area contributed by atoms with Crippen LogP contribution in [0.3, 0.4) is 0 Å². The maximum absolute atomic E-state index is 12.4. The molecule has 146 valence electrons. The number of hydrogen-bond donors (Lipinski definition) is 1. The molecular formula is C20H30N6O. The first-order valence-electron chi connectivity index (χ1n) is 9.45. The third-order valence-electron chi connectivity index (χ3n) is 4.28. The van der Waals surface area contributed by atoms with E-state index in [0.29, 0.717) is 13.1 Å². The molecule has 7 heteroatoms. The van der Waals surface area contributed by atoms with Crippen molar-refractivity contribution < 1.29 is 4.79 Å². The van der Waals surface area contributed by atoms with Crippen LogP contribution in [0.4, 0.5) is 0 Å². The Morgan fingerprint density at radius 3 is 2.63 bits per heavy atom. The van der Waals surface area contributed by atoms with E-state index in [0.717, 1.165) is 36.8 Å². The Morgan fingerprint density at radius 2 is 2.00 bits per heavy atom. The van der Waals surface area contributed by atoms with Gasteiger partial charge in [-0.25, -0.2) is 9.67 Å². The summed E-state index contributed by atoms with van der Waals surface area (Å²) in [6, 6.07) is 10.0. The van der Waals surface area contributed by atoms with Gasteiger partial charge in [-0.1, -0.05) is 12.1 Å². The van der Waals surface area contributed by atoms with Crippen molar-refractivity contribution in [2.75, 3.05) is 33.2 Å². The first-order valence-corrected chi connectivity index (χ1v) is 9.45. The van der Waals surface area contributed by atoms with Gasteiger partial charge in [0.2, 0.25) is 5.91 Å². The monoisotopic (exact) mass is 370 g/mol. The summed E-state index contributed by atoms with van der Waals surface area (Å²) in [5.74, 6) is 0.830. The number of carbonyl (C=O) groups excluding carboxylic acids is 1. The Morgan fingerprint density at radius 1 is 1.22 bits per heavy atom. The Bertz CT molecular complexity index is 737. The lowest BCUT2D eigenvalue weighted by atomic mass is 10.2. The maximum atomic E-state index is 12.4. The third kappa shape index (κ3) is 5.84. The van der Waals surface area contributed by atoms with E-state index >= 15 is 0 Å². The highest BCUT2D eigenvalue weighted by Gasteiger charge is 2.15. The fourth-order valence-corrected chi connectivity index (χ4v) is 2.81. The summed E-state index contributed by atoms with van der Waals surface area (Å²) in [7, 11) is 1.89. The van der Waals surface area contributed by atoms with Gasteiger partial charge in [-0.05, 0) is 44.5 Å². The topological polar surface area (TPSA) is 65.8 Å². The zero-order valence-electron chi connectivity index (χ0n) is 16.7. The van der Waals surface area contributed by atoms with E-state index in [2.05, 4.69) is 16.5 Å².